The SMILES string of the molecule is C=CC(=O)Nc1cnccc1CN1Cc2cnc(Nc3ccc(N4CCN(C)CC4)cc3)nc2N(C)C1=O. The summed E-state index contributed by atoms with van der Waals surface area (Å²) >= 11 is 0. The summed E-state index contributed by atoms with van der Waals surface area (Å²) in [6.07, 6.45) is 6.12. The Morgan fingerprint density at radius 2 is 1.84 bits per heavy atom. The van der Waals surface area contributed by atoms with E-state index in [2.05, 4.69) is 61.1 Å². The van der Waals surface area contributed by atoms with Crippen LogP contribution in [-0.4, -0.2) is 77.0 Å². The summed E-state index contributed by atoms with van der Waals surface area (Å²) in [4.78, 5) is 46.1. The molecule has 5 rings (SSSR count). The summed E-state index contributed by atoms with van der Waals surface area (Å²) in [6.45, 7) is 8.26. The van der Waals surface area contributed by atoms with Crippen LogP contribution < -0.4 is 20.4 Å². The van der Waals surface area contributed by atoms with Crippen LogP contribution in [0.25, 0.3) is 0 Å². The van der Waals surface area contributed by atoms with Crippen molar-refractivity contribution >= 4 is 40.8 Å². The van der Waals surface area contributed by atoms with Crippen molar-refractivity contribution in [1.82, 2.24) is 24.8 Å². The molecular weight excluding hydrogens is 482 g/mol. The molecule has 4 heterocycles. The molecule has 1 saturated heterocycles. The van der Waals surface area contributed by atoms with Crippen LogP contribution in [0.5, 0.6) is 0 Å². The van der Waals surface area contributed by atoms with Crippen LogP contribution in [0, 0.1) is 0 Å². The highest BCUT2D eigenvalue weighted by Gasteiger charge is 2.30. The van der Waals surface area contributed by atoms with E-state index in [1.165, 1.54) is 16.7 Å². The highest BCUT2D eigenvalue weighted by atomic mass is 16.2. The summed E-state index contributed by atoms with van der Waals surface area (Å²) in [6, 6.07) is 9.82. The van der Waals surface area contributed by atoms with Gasteiger partial charge in [-0.25, -0.2) is 9.78 Å². The lowest BCUT2D eigenvalue weighted by Gasteiger charge is -2.34. The molecule has 0 saturated carbocycles. The minimum Gasteiger partial charge on any atom is -0.369 e. The molecular formula is C27H31N9O2. The Hall–Kier alpha value is -4.51. The van der Waals surface area contributed by atoms with E-state index >= 15 is 0 Å². The number of aromatic nitrogens is 3. The number of hydrogen-bond acceptors (Lipinski definition) is 8. The van der Waals surface area contributed by atoms with Crippen LogP contribution in [0.3, 0.4) is 0 Å². The first kappa shape index (κ1) is 25.2. The van der Waals surface area contributed by atoms with E-state index in [0.29, 0.717) is 24.0 Å². The Kier molecular flexibility index (Phi) is 7.18. The van der Waals surface area contributed by atoms with Gasteiger partial charge >= 0.3 is 6.03 Å². The van der Waals surface area contributed by atoms with Gasteiger partial charge in [-0.05, 0) is 49.0 Å². The van der Waals surface area contributed by atoms with E-state index in [9.17, 15) is 9.59 Å². The van der Waals surface area contributed by atoms with Gasteiger partial charge in [0.1, 0.15) is 5.82 Å². The highest BCUT2D eigenvalue weighted by molar-refractivity contribution is 5.99. The Morgan fingerprint density at radius 1 is 1.08 bits per heavy atom. The van der Waals surface area contributed by atoms with Gasteiger partial charge in [0.15, 0.2) is 0 Å². The third-order valence-corrected chi connectivity index (χ3v) is 6.79. The van der Waals surface area contributed by atoms with Crippen LogP contribution in [-0.2, 0) is 17.9 Å². The summed E-state index contributed by atoms with van der Waals surface area (Å²) < 4.78 is 0. The normalized spacial score (nSPS) is 15.7. The fraction of sp³-hybridized carbons (Fsp3) is 0.296. The van der Waals surface area contributed by atoms with E-state index in [1.807, 2.05) is 12.1 Å². The molecule has 2 aliphatic rings. The topological polar surface area (TPSA) is 110 Å². The Balaban J connectivity index is 1.28. The van der Waals surface area contributed by atoms with Gasteiger partial charge in [0.2, 0.25) is 11.9 Å². The largest absolute Gasteiger partial charge is 0.369 e. The molecule has 1 fully saturated rings. The molecule has 0 unspecified atom stereocenters. The van der Waals surface area contributed by atoms with Crippen molar-refractivity contribution in [2.45, 2.75) is 13.1 Å². The average molecular weight is 514 g/mol. The maximum atomic E-state index is 13.2. The van der Waals surface area contributed by atoms with Gasteiger partial charge in [-0.2, -0.15) is 4.98 Å². The second-order valence-corrected chi connectivity index (χ2v) is 9.43. The number of nitrogens with zero attached hydrogens (tertiary/aromatic N) is 7. The number of urea groups is 1. The minimum atomic E-state index is -0.339. The minimum absolute atomic E-state index is 0.198. The maximum absolute atomic E-state index is 13.2. The molecule has 11 nitrogen and oxygen atoms in total. The van der Waals surface area contributed by atoms with Crippen molar-refractivity contribution in [3.63, 3.8) is 0 Å². The molecule has 2 N–H and O–H groups in total. The lowest BCUT2D eigenvalue weighted by atomic mass is 10.1. The van der Waals surface area contributed by atoms with E-state index in [4.69, 9.17) is 0 Å². The Bertz CT molecular complexity index is 1340. The van der Waals surface area contributed by atoms with Gasteiger partial charge in [-0.1, -0.05) is 6.58 Å². The molecule has 196 valence electrons. The Morgan fingerprint density at radius 3 is 2.58 bits per heavy atom. The quantitative estimate of drug-likeness (QED) is 0.464. The number of anilines is 5. The number of benzene rings is 1. The van der Waals surface area contributed by atoms with Gasteiger partial charge in [0, 0.05) is 69.1 Å². The van der Waals surface area contributed by atoms with Crippen molar-refractivity contribution in [3.8, 4) is 0 Å². The smallest absolute Gasteiger partial charge is 0.326 e. The van der Waals surface area contributed by atoms with Gasteiger partial charge in [0.25, 0.3) is 0 Å². The number of carbonyl (C=O) groups excluding carboxylic acids is 2. The number of carbonyl (C=O) groups is 2. The number of fused-ring (bicyclic) bond motifs is 1. The number of nitrogens with one attached hydrogen (secondary N) is 2. The fourth-order valence-electron chi connectivity index (χ4n) is 4.57. The van der Waals surface area contributed by atoms with E-state index < -0.39 is 0 Å². The zero-order valence-electron chi connectivity index (χ0n) is 21.6. The lowest BCUT2D eigenvalue weighted by molar-refractivity contribution is -0.111. The van der Waals surface area contributed by atoms with E-state index in [1.54, 1.807) is 36.6 Å². The molecule has 0 bridgehead atoms. The maximum Gasteiger partial charge on any atom is 0.326 e. The third-order valence-electron chi connectivity index (χ3n) is 6.79. The van der Waals surface area contributed by atoms with Crippen molar-refractivity contribution in [3.05, 3.63) is 72.7 Å². The van der Waals surface area contributed by atoms with Crippen molar-refractivity contribution in [2.75, 3.05) is 60.7 Å². The molecule has 2 aliphatic heterocycles. The predicted molar refractivity (Wildman–Crippen MR) is 148 cm³/mol. The molecule has 11 heteroatoms. The van der Waals surface area contributed by atoms with Crippen LogP contribution in [0.2, 0.25) is 0 Å². The first-order valence-corrected chi connectivity index (χ1v) is 12.5. The van der Waals surface area contributed by atoms with Crippen LogP contribution >= 0.6 is 0 Å². The number of piperazine rings is 1. The fourth-order valence-corrected chi connectivity index (χ4v) is 4.57. The van der Waals surface area contributed by atoms with Gasteiger partial charge in [0.05, 0.1) is 18.4 Å². The average Bonchev–Trinajstić information content (AvgIpc) is 2.94. The number of amides is 3. The van der Waals surface area contributed by atoms with Crippen molar-refractivity contribution < 1.29 is 9.59 Å². The summed E-state index contributed by atoms with van der Waals surface area (Å²) in [5, 5.41) is 5.99. The predicted octanol–water partition coefficient (Wildman–Crippen LogP) is 3.06. The molecule has 0 atom stereocenters. The van der Waals surface area contributed by atoms with Crippen LogP contribution in [0.4, 0.5) is 33.6 Å². The monoisotopic (exact) mass is 513 g/mol. The number of hydrogen-bond donors (Lipinski definition) is 2. The molecule has 0 spiro atoms. The molecule has 3 amide bonds. The second-order valence-electron chi connectivity index (χ2n) is 9.43. The van der Waals surface area contributed by atoms with Crippen LogP contribution in [0.15, 0.2) is 61.6 Å². The standard InChI is InChI=1S/C27H31N9O2/c1-4-24(37)31-23-16-28-10-9-19(23)17-36-18-20-15-29-26(32-25(20)34(3)27(36)38)30-21-5-7-22(8-6-21)35-13-11-33(2)12-14-35/h4-10,15-16H,1,11-14,17-18H2,2-3H3,(H,31,37)(H,29,30,32). The first-order valence-electron chi connectivity index (χ1n) is 12.5. The first-order chi connectivity index (χ1) is 18.4. The molecule has 3 aromatic rings. The van der Waals surface area contributed by atoms with Gasteiger partial charge in [-0.15, -0.1) is 0 Å². The molecule has 0 radical (unpaired) electrons. The Labute approximate surface area is 221 Å². The van der Waals surface area contributed by atoms with E-state index in [-0.39, 0.29) is 18.5 Å². The van der Waals surface area contributed by atoms with Crippen molar-refractivity contribution in [1.29, 1.82) is 0 Å². The second kappa shape index (κ2) is 10.9. The number of pyridine rings is 1. The zero-order chi connectivity index (χ0) is 26.6. The molecule has 38 heavy (non-hydrogen) atoms. The van der Waals surface area contributed by atoms with Gasteiger partial charge in [-0.3, -0.25) is 14.7 Å². The lowest BCUT2D eigenvalue weighted by Crippen LogP contribution is -2.45. The zero-order valence-corrected chi connectivity index (χ0v) is 21.6. The van der Waals surface area contributed by atoms with Gasteiger partial charge < -0.3 is 25.3 Å². The molecule has 1 aromatic carbocycles. The highest BCUT2D eigenvalue weighted by Crippen LogP contribution is 2.29. The van der Waals surface area contributed by atoms with Crippen LogP contribution in [0.1, 0.15) is 11.1 Å². The number of likely N-dealkylation sites (N-methyl/N-ethyl adjacent to an activating group) is 1. The molecule has 0 aliphatic carbocycles. The summed E-state index contributed by atoms with van der Waals surface area (Å²) in [7, 11) is 3.84. The van der Waals surface area contributed by atoms with E-state index in [0.717, 1.165) is 43.0 Å². The third kappa shape index (κ3) is 5.42. The van der Waals surface area contributed by atoms with Crippen molar-refractivity contribution in [2.24, 2.45) is 0 Å². The number of rotatable bonds is 7. The summed E-state index contributed by atoms with van der Waals surface area (Å²) in [5.41, 5.74) is 4.20. The summed E-state index contributed by atoms with van der Waals surface area (Å²) in [5.74, 6) is 0.648. The molecule has 2 aromatic heterocycles.